The molecular formula is C6H8. The predicted octanol–water partition coefficient (Wildman–Crippen LogP) is 1.27. The SMILES string of the molecule is CCC12C3C1C32. The van der Waals surface area contributed by atoms with Crippen molar-refractivity contribution >= 4 is 0 Å². The fraction of sp³-hybridized carbons (Fsp3) is 1.00. The Morgan fingerprint density at radius 3 is 1.83 bits per heavy atom. The average Bonchev–Trinajstić information content (AvgIpc) is 2.35. The van der Waals surface area contributed by atoms with Crippen molar-refractivity contribution in [2.24, 2.45) is 23.2 Å². The summed E-state index contributed by atoms with van der Waals surface area (Å²) < 4.78 is 0. The van der Waals surface area contributed by atoms with Gasteiger partial charge in [0.25, 0.3) is 0 Å². The minimum Gasteiger partial charge on any atom is -0.0648 e. The summed E-state index contributed by atoms with van der Waals surface area (Å²) in [6.07, 6.45) is 1.49. The van der Waals surface area contributed by atoms with E-state index in [2.05, 4.69) is 6.92 Å². The minimum absolute atomic E-state index is 1.04. The van der Waals surface area contributed by atoms with Crippen LogP contribution in [0.25, 0.3) is 0 Å². The second-order valence-corrected chi connectivity index (χ2v) is 3.04. The molecule has 0 bridgehead atoms. The van der Waals surface area contributed by atoms with E-state index >= 15 is 0 Å². The molecule has 0 atom stereocenters. The van der Waals surface area contributed by atoms with Crippen molar-refractivity contribution < 1.29 is 0 Å². The molecule has 0 heteroatoms. The van der Waals surface area contributed by atoms with Gasteiger partial charge in [-0.15, -0.1) is 0 Å². The van der Waals surface area contributed by atoms with Crippen molar-refractivity contribution in [2.75, 3.05) is 0 Å². The Hall–Kier alpha value is 0. The van der Waals surface area contributed by atoms with Gasteiger partial charge in [0.1, 0.15) is 0 Å². The van der Waals surface area contributed by atoms with E-state index in [0.29, 0.717) is 0 Å². The zero-order chi connectivity index (χ0) is 3.94. The molecule has 0 N–H and O–H groups in total. The smallest absolute Gasteiger partial charge is 0.0197 e. The van der Waals surface area contributed by atoms with E-state index in [1.165, 1.54) is 24.2 Å². The van der Waals surface area contributed by atoms with Crippen molar-refractivity contribution in [3.8, 4) is 0 Å². The van der Waals surface area contributed by atoms with Crippen molar-refractivity contribution in [2.45, 2.75) is 13.3 Å². The van der Waals surface area contributed by atoms with Crippen LogP contribution in [-0.2, 0) is 0 Å². The van der Waals surface area contributed by atoms with Gasteiger partial charge in [-0.25, -0.2) is 0 Å². The van der Waals surface area contributed by atoms with Gasteiger partial charge in [-0.2, -0.15) is 0 Å². The normalized spacial score (nSPS) is 88.5. The predicted molar refractivity (Wildman–Crippen MR) is 23.2 cm³/mol. The van der Waals surface area contributed by atoms with Crippen molar-refractivity contribution in [3.05, 3.63) is 0 Å². The van der Waals surface area contributed by atoms with Crippen LogP contribution in [-0.4, -0.2) is 0 Å². The van der Waals surface area contributed by atoms with E-state index in [1.54, 1.807) is 0 Å². The molecule has 4 rings (SSSR count). The van der Waals surface area contributed by atoms with Gasteiger partial charge in [0.05, 0.1) is 0 Å². The van der Waals surface area contributed by atoms with Crippen LogP contribution in [0.2, 0.25) is 0 Å². The third kappa shape index (κ3) is 0.0576. The molecule has 0 aromatic rings. The van der Waals surface area contributed by atoms with Gasteiger partial charge < -0.3 is 0 Å². The lowest BCUT2D eigenvalue weighted by molar-refractivity contribution is 0.761. The number of rotatable bonds is 1. The van der Waals surface area contributed by atoms with E-state index in [4.69, 9.17) is 0 Å². The molecule has 0 saturated heterocycles. The Bertz CT molecular complexity index is 98.2. The third-order valence-corrected chi connectivity index (χ3v) is 3.17. The molecule has 0 radical (unpaired) electrons. The lowest BCUT2D eigenvalue weighted by atomic mass is 10.3. The highest BCUT2D eigenvalue weighted by Gasteiger charge is 3.07. The monoisotopic (exact) mass is 80.1 g/mol. The Morgan fingerprint density at radius 1 is 1.33 bits per heavy atom. The summed E-state index contributed by atoms with van der Waals surface area (Å²) in [5.41, 5.74) is 1.04. The summed E-state index contributed by atoms with van der Waals surface area (Å²) in [5.74, 6) is 3.88. The molecule has 0 aromatic carbocycles. The number of hydrogen-bond donors (Lipinski definition) is 0. The zero-order valence-corrected chi connectivity index (χ0v) is 3.94. The van der Waals surface area contributed by atoms with Crippen LogP contribution in [0.1, 0.15) is 13.3 Å². The maximum atomic E-state index is 2.33. The molecular weight excluding hydrogens is 72.1 g/mol. The van der Waals surface area contributed by atoms with E-state index in [1.807, 2.05) is 0 Å². The molecule has 4 aliphatic rings. The molecule has 0 spiro atoms. The van der Waals surface area contributed by atoms with Crippen LogP contribution in [0.3, 0.4) is 0 Å². The summed E-state index contributed by atoms with van der Waals surface area (Å²) in [7, 11) is 0. The first-order valence-electron chi connectivity index (χ1n) is 2.93. The average molecular weight is 80.1 g/mol. The second kappa shape index (κ2) is 0.312. The van der Waals surface area contributed by atoms with Gasteiger partial charge in [0.2, 0.25) is 0 Å². The first kappa shape index (κ1) is 2.34. The number of hydrogen-bond acceptors (Lipinski definition) is 0. The molecule has 6 heavy (non-hydrogen) atoms. The van der Waals surface area contributed by atoms with Gasteiger partial charge in [0, 0.05) is 0 Å². The van der Waals surface area contributed by atoms with Crippen LogP contribution in [0, 0.1) is 23.2 Å². The van der Waals surface area contributed by atoms with Crippen molar-refractivity contribution in [1.29, 1.82) is 0 Å². The molecule has 0 aliphatic heterocycles. The lowest BCUT2D eigenvalue weighted by Gasteiger charge is -1.74. The van der Waals surface area contributed by atoms with Crippen LogP contribution < -0.4 is 0 Å². The molecule has 0 aromatic heterocycles. The van der Waals surface area contributed by atoms with Crippen LogP contribution in [0.4, 0.5) is 0 Å². The second-order valence-electron chi connectivity index (χ2n) is 3.04. The van der Waals surface area contributed by atoms with E-state index in [-0.39, 0.29) is 0 Å². The van der Waals surface area contributed by atoms with E-state index < -0.39 is 0 Å². The van der Waals surface area contributed by atoms with Gasteiger partial charge in [-0.3, -0.25) is 0 Å². The third-order valence-electron chi connectivity index (χ3n) is 3.17. The summed E-state index contributed by atoms with van der Waals surface area (Å²) in [4.78, 5) is 0. The highest BCUT2D eigenvalue weighted by molar-refractivity contribution is 5.53. The summed E-state index contributed by atoms with van der Waals surface area (Å²) >= 11 is 0. The van der Waals surface area contributed by atoms with Crippen LogP contribution in [0.15, 0.2) is 0 Å². The van der Waals surface area contributed by atoms with Crippen LogP contribution >= 0.6 is 0 Å². The largest absolute Gasteiger partial charge is 0.0648 e. The fourth-order valence-corrected chi connectivity index (χ4v) is 2.23. The Morgan fingerprint density at radius 2 is 1.83 bits per heavy atom. The fourth-order valence-electron chi connectivity index (χ4n) is 2.23. The molecule has 0 amide bonds. The highest BCUT2D eigenvalue weighted by atomic mass is 15.1. The molecule has 0 heterocycles. The first-order chi connectivity index (χ1) is 2.93. The molecule has 0 nitrogen and oxygen atoms in total. The Kier molecular flexibility index (Phi) is 0.122. The maximum absolute atomic E-state index is 2.33. The van der Waals surface area contributed by atoms with Gasteiger partial charge >= 0.3 is 0 Å². The van der Waals surface area contributed by atoms with E-state index in [9.17, 15) is 0 Å². The quantitative estimate of drug-likeness (QED) is 0.445. The van der Waals surface area contributed by atoms with E-state index in [0.717, 1.165) is 5.41 Å². The lowest BCUT2D eigenvalue weighted by Crippen LogP contribution is -1.64. The molecule has 0 unspecified atom stereocenters. The maximum Gasteiger partial charge on any atom is -0.0197 e. The standard InChI is InChI=1S/C6H8/c1-2-6-3-4(6)5(3)6/h3-5H,2H2,1H3. The topological polar surface area (TPSA) is 0 Å². The summed E-state index contributed by atoms with van der Waals surface area (Å²) in [6, 6.07) is 0. The van der Waals surface area contributed by atoms with Gasteiger partial charge in [-0.1, -0.05) is 6.92 Å². The Labute approximate surface area is 37.5 Å². The summed E-state index contributed by atoms with van der Waals surface area (Å²) in [6.45, 7) is 2.33. The molecule has 32 valence electrons. The van der Waals surface area contributed by atoms with Crippen LogP contribution in [0.5, 0.6) is 0 Å². The zero-order valence-electron chi connectivity index (χ0n) is 3.94. The molecule has 4 fully saturated rings. The Balaban J connectivity index is 2.11. The summed E-state index contributed by atoms with van der Waals surface area (Å²) in [5, 5.41) is 0. The van der Waals surface area contributed by atoms with Gasteiger partial charge in [0.15, 0.2) is 0 Å². The molecule has 4 saturated carbocycles. The highest BCUT2D eigenvalue weighted by Crippen LogP contribution is 3.10. The van der Waals surface area contributed by atoms with Crippen molar-refractivity contribution in [3.63, 3.8) is 0 Å². The van der Waals surface area contributed by atoms with Gasteiger partial charge in [-0.05, 0) is 29.6 Å². The first-order valence-corrected chi connectivity index (χ1v) is 2.93. The van der Waals surface area contributed by atoms with Crippen molar-refractivity contribution in [1.82, 2.24) is 0 Å². The molecule has 4 aliphatic carbocycles. The minimum atomic E-state index is 1.04.